The first-order valence-corrected chi connectivity index (χ1v) is 17.1. The Morgan fingerprint density at radius 2 is 2.05 bits per heavy atom. The zero-order valence-corrected chi connectivity index (χ0v) is 26.9. The number of nitrogens with two attached hydrogens (primary N) is 2. The van der Waals surface area contributed by atoms with Gasteiger partial charge in [-0.3, -0.25) is 10.1 Å². The molecule has 1 aromatic carbocycles. The molecule has 234 valence electrons. The maximum atomic E-state index is 13.9. The highest BCUT2D eigenvalue weighted by Crippen LogP contribution is 2.69. The van der Waals surface area contributed by atoms with E-state index in [0.717, 1.165) is 41.6 Å². The van der Waals surface area contributed by atoms with Gasteiger partial charge < -0.3 is 21.0 Å². The third-order valence-corrected chi connectivity index (χ3v) is 12.8. The van der Waals surface area contributed by atoms with Crippen molar-refractivity contribution >= 4 is 46.1 Å². The molecule has 0 bridgehead atoms. The van der Waals surface area contributed by atoms with Gasteiger partial charge in [0.05, 0.1) is 17.3 Å². The Balaban J connectivity index is 1.33. The molecule has 0 amide bonds. The first-order chi connectivity index (χ1) is 21.0. The number of rotatable bonds is 7. The van der Waals surface area contributed by atoms with Crippen LogP contribution in [-0.4, -0.2) is 45.0 Å². The molecule has 4 aliphatic rings. The van der Waals surface area contributed by atoms with Crippen molar-refractivity contribution in [1.29, 1.82) is 5.41 Å². The standard InChI is InChI=1S/C33H39FN4O4S2/c1-18-28(44-17-37-18)29(40)42-33(30(41)43-16-36)11-10-24-23-9-4-20-12-25(38-22-7-5-21(34)6-8-22)19(15-35)13-31(20,2)27(23)26(39)14-32(24,33)3/h5-8,12,15,17,23-24,26-27,35,38-39H,4,9-11,13-14,16,36H2,1-3H3/p+1/t23-,24?,26-,27?,31-,32-,33-/m0/s1. The lowest BCUT2D eigenvalue weighted by Gasteiger charge is -2.60. The number of aliphatic hydroxyl groups excluding tert-OH is 1. The van der Waals surface area contributed by atoms with Gasteiger partial charge in [-0.15, -0.1) is 11.3 Å². The summed E-state index contributed by atoms with van der Waals surface area (Å²) in [5.74, 6) is -0.658. The fraction of sp³-hybridized carbons (Fsp3) is 0.515. The second-order valence-electron chi connectivity index (χ2n) is 13.2. The summed E-state index contributed by atoms with van der Waals surface area (Å²) in [6.45, 7) is 5.99. The minimum Gasteiger partial charge on any atom is -0.445 e. The van der Waals surface area contributed by atoms with E-state index < -0.39 is 23.1 Å². The van der Waals surface area contributed by atoms with Gasteiger partial charge in [-0.2, -0.15) is 0 Å². The van der Waals surface area contributed by atoms with E-state index in [2.05, 4.69) is 18.0 Å². The minimum atomic E-state index is -1.40. The van der Waals surface area contributed by atoms with Gasteiger partial charge in [0.1, 0.15) is 22.1 Å². The number of quaternary nitrogens is 1. The predicted octanol–water partition coefficient (Wildman–Crippen LogP) is 5.00. The second kappa shape index (κ2) is 11.6. The third-order valence-electron chi connectivity index (χ3n) is 11.2. The van der Waals surface area contributed by atoms with Gasteiger partial charge in [0, 0.05) is 35.2 Å². The molecule has 8 nitrogen and oxygen atoms in total. The lowest BCUT2D eigenvalue weighted by atomic mass is 9.45. The number of allylic oxidation sites excluding steroid dienone is 3. The summed E-state index contributed by atoms with van der Waals surface area (Å²) in [5, 5.41) is 22.1. The van der Waals surface area contributed by atoms with Crippen molar-refractivity contribution in [3.8, 4) is 0 Å². The van der Waals surface area contributed by atoms with Gasteiger partial charge in [-0.25, -0.2) is 14.2 Å². The van der Waals surface area contributed by atoms with Crippen LogP contribution < -0.4 is 11.1 Å². The van der Waals surface area contributed by atoms with Crippen molar-refractivity contribution in [2.24, 2.45) is 34.3 Å². The van der Waals surface area contributed by atoms with Crippen LogP contribution >= 0.6 is 23.1 Å². The number of fused-ring (bicyclic) bond motifs is 5. The number of benzene rings is 1. The smallest absolute Gasteiger partial charge is 0.351 e. The molecule has 0 aliphatic heterocycles. The zero-order valence-electron chi connectivity index (χ0n) is 25.3. The molecule has 7 atom stereocenters. The Bertz CT molecular complexity index is 1560. The molecule has 3 saturated carbocycles. The molecular weight excluding hydrogens is 600 g/mol. The molecular formula is C33H40FN4O4S2+. The predicted molar refractivity (Wildman–Crippen MR) is 169 cm³/mol. The number of aryl methyl sites for hydroxylation is 1. The van der Waals surface area contributed by atoms with Crippen molar-refractivity contribution in [3.05, 3.63) is 69.1 Å². The highest BCUT2D eigenvalue weighted by molar-refractivity contribution is 8.13. The molecule has 6 N–H and O–H groups in total. The Morgan fingerprint density at radius 1 is 1.30 bits per heavy atom. The Labute approximate surface area is 265 Å². The fourth-order valence-electron chi connectivity index (χ4n) is 9.15. The summed E-state index contributed by atoms with van der Waals surface area (Å²) in [7, 11) is 0. The highest BCUT2D eigenvalue weighted by atomic mass is 32.2. The van der Waals surface area contributed by atoms with Crippen molar-refractivity contribution in [2.75, 3.05) is 5.88 Å². The van der Waals surface area contributed by atoms with Gasteiger partial charge in [0.15, 0.2) is 5.60 Å². The number of hydrogen-bond acceptors (Lipinski definition) is 9. The molecule has 1 heterocycles. The zero-order chi connectivity index (χ0) is 31.4. The number of aliphatic hydroxyl groups is 1. The number of carbonyl (C=O) groups is 2. The fourth-order valence-corrected chi connectivity index (χ4v) is 10.6. The molecule has 0 spiro atoms. The number of thioether (sulfide) groups is 1. The van der Waals surface area contributed by atoms with Gasteiger partial charge in [-0.1, -0.05) is 31.2 Å². The molecule has 1 aromatic heterocycles. The lowest BCUT2D eigenvalue weighted by molar-refractivity contribution is -0.513. The summed E-state index contributed by atoms with van der Waals surface area (Å²) in [5.41, 5.74) is 9.41. The number of esters is 1. The van der Waals surface area contributed by atoms with E-state index in [4.69, 9.17) is 15.9 Å². The van der Waals surface area contributed by atoms with E-state index >= 15 is 0 Å². The molecule has 0 saturated heterocycles. The monoisotopic (exact) mass is 639 g/mol. The van der Waals surface area contributed by atoms with E-state index in [9.17, 15) is 19.1 Å². The van der Waals surface area contributed by atoms with E-state index in [1.54, 1.807) is 24.6 Å². The average molecular weight is 640 g/mol. The largest absolute Gasteiger partial charge is 0.445 e. The lowest BCUT2D eigenvalue weighted by Crippen LogP contribution is -2.76. The quantitative estimate of drug-likeness (QED) is 0.144. The van der Waals surface area contributed by atoms with Crippen molar-refractivity contribution in [2.45, 2.75) is 71.0 Å². The second-order valence-corrected chi connectivity index (χ2v) is 15.1. The van der Waals surface area contributed by atoms with Gasteiger partial charge in [-0.05, 0) is 86.8 Å². The molecule has 4 aliphatic carbocycles. The molecule has 3 fully saturated rings. The normalized spacial score (nSPS) is 34.5. The number of hydrogen-bond donors (Lipinski definition) is 4. The minimum absolute atomic E-state index is 0.0616. The number of halogens is 1. The molecule has 44 heavy (non-hydrogen) atoms. The van der Waals surface area contributed by atoms with Crippen LogP contribution in [0.1, 0.15) is 67.7 Å². The van der Waals surface area contributed by atoms with Crippen LogP contribution in [-0.2, 0) is 9.53 Å². The van der Waals surface area contributed by atoms with Gasteiger partial charge in [0.2, 0.25) is 5.12 Å². The molecule has 6 rings (SSSR count). The van der Waals surface area contributed by atoms with E-state index in [0.29, 0.717) is 36.3 Å². The number of thiazole rings is 1. The van der Waals surface area contributed by atoms with Gasteiger partial charge >= 0.3 is 5.97 Å². The van der Waals surface area contributed by atoms with Crippen LogP contribution in [0.5, 0.6) is 0 Å². The highest BCUT2D eigenvalue weighted by Gasteiger charge is 2.70. The first kappa shape index (κ1) is 31.3. The van der Waals surface area contributed by atoms with Crippen LogP contribution in [0.3, 0.4) is 0 Å². The van der Waals surface area contributed by atoms with Crippen LogP contribution in [0, 0.1) is 46.7 Å². The SMILES string of the molecule is Cc1ncsc1C(=O)O[C@]1(C(=O)SCN)CCC2[C@@H]3CCC4=CC([NH2+]c5ccc(F)cc5)=C(C=N)C[C@]4(C)C3[C@@H](O)C[C@@]21C. The van der Waals surface area contributed by atoms with Crippen LogP contribution in [0.2, 0.25) is 0 Å². The maximum absolute atomic E-state index is 13.9. The number of aromatic nitrogens is 1. The van der Waals surface area contributed by atoms with E-state index in [1.165, 1.54) is 35.3 Å². The summed E-state index contributed by atoms with van der Waals surface area (Å²) in [4.78, 5) is 32.0. The van der Waals surface area contributed by atoms with Crippen molar-refractivity contribution < 1.29 is 29.1 Å². The Morgan fingerprint density at radius 3 is 2.70 bits per heavy atom. The number of ether oxygens (including phenoxy) is 1. The van der Waals surface area contributed by atoms with E-state index in [-0.39, 0.29) is 40.0 Å². The molecule has 0 radical (unpaired) electrons. The van der Waals surface area contributed by atoms with Crippen molar-refractivity contribution in [1.82, 2.24) is 4.98 Å². The molecule has 11 heteroatoms. The third kappa shape index (κ3) is 4.83. The van der Waals surface area contributed by atoms with Crippen LogP contribution in [0.25, 0.3) is 0 Å². The Kier molecular flexibility index (Phi) is 8.24. The molecule has 2 aromatic rings. The van der Waals surface area contributed by atoms with Crippen molar-refractivity contribution in [3.63, 3.8) is 0 Å². The average Bonchev–Trinajstić information content (AvgIpc) is 3.54. The summed E-state index contributed by atoms with van der Waals surface area (Å²) in [6.07, 6.45) is 6.57. The summed E-state index contributed by atoms with van der Waals surface area (Å²) in [6, 6.07) is 6.34. The number of nitrogens with zero attached hydrogens (tertiary/aromatic N) is 1. The van der Waals surface area contributed by atoms with Crippen LogP contribution in [0.15, 0.2) is 52.7 Å². The van der Waals surface area contributed by atoms with Gasteiger partial charge in [0.25, 0.3) is 0 Å². The maximum Gasteiger partial charge on any atom is 0.351 e. The summed E-state index contributed by atoms with van der Waals surface area (Å²) >= 11 is 2.18. The first-order valence-electron chi connectivity index (χ1n) is 15.2. The number of carbonyl (C=O) groups excluding carboxylic acids is 2. The van der Waals surface area contributed by atoms with Crippen LogP contribution in [0.4, 0.5) is 10.1 Å². The number of nitrogens with one attached hydrogen (secondary N) is 1. The van der Waals surface area contributed by atoms with E-state index in [1.807, 2.05) is 12.2 Å². The topological polar surface area (TPSA) is 143 Å². The Hall–Kier alpha value is -2.70. The summed E-state index contributed by atoms with van der Waals surface area (Å²) < 4.78 is 19.8. The molecule has 2 unspecified atom stereocenters.